The van der Waals surface area contributed by atoms with Crippen LogP contribution >= 0.6 is 0 Å². The van der Waals surface area contributed by atoms with Gasteiger partial charge in [-0.25, -0.2) is 8.42 Å². The fraction of sp³-hybridized carbons (Fsp3) is 0.0870. The molecular weight excluding hydrogens is 402 g/mol. The summed E-state index contributed by atoms with van der Waals surface area (Å²) in [6.07, 6.45) is 1.13. The fourth-order valence-electron chi connectivity index (χ4n) is 3.11. The summed E-state index contributed by atoms with van der Waals surface area (Å²) in [5.74, 6) is 0.534. The van der Waals surface area contributed by atoms with Crippen LogP contribution in [-0.4, -0.2) is 20.6 Å². The van der Waals surface area contributed by atoms with Gasteiger partial charge in [0.2, 0.25) is 0 Å². The number of ether oxygens (including phenoxy) is 1. The number of hydrogen-bond donors (Lipinski definition) is 1. The number of hydrogen-bond acceptors (Lipinski definition) is 5. The second kappa shape index (κ2) is 8.04. The Morgan fingerprint density at radius 3 is 2.23 bits per heavy atom. The Labute approximate surface area is 174 Å². The van der Waals surface area contributed by atoms with Crippen LogP contribution in [0.1, 0.15) is 16.1 Å². The van der Waals surface area contributed by atoms with Crippen LogP contribution in [0.5, 0.6) is 11.5 Å². The number of sulfone groups is 1. The molecule has 1 heterocycles. The molecule has 0 radical (unpaired) electrons. The molecule has 0 aliphatic carbocycles. The summed E-state index contributed by atoms with van der Waals surface area (Å²) in [5.41, 5.74) is 1.36. The van der Waals surface area contributed by atoms with E-state index in [0.717, 1.165) is 6.26 Å². The zero-order valence-electron chi connectivity index (χ0n) is 16.2. The van der Waals surface area contributed by atoms with Crippen molar-refractivity contribution < 1.29 is 22.4 Å². The van der Waals surface area contributed by atoms with Crippen molar-refractivity contribution in [2.75, 3.05) is 11.6 Å². The van der Waals surface area contributed by atoms with Gasteiger partial charge in [0.15, 0.2) is 15.6 Å². The number of nitrogens with one attached hydrogen (secondary N) is 1. The molecule has 0 fully saturated rings. The van der Waals surface area contributed by atoms with E-state index in [1.54, 1.807) is 48.5 Å². The van der Waals surface area contributed by atoms with Crippen LogP contribution in [0.2, 0.25) is 0 Å². The molecule has 4 aromatic rings. The van der Waals surface area contributed by atoms with Gasteiger partial charge in [-0.2, -0.15) is 0 Å². The molecule has 0 saturated carbocycles. The maximum atomic E-state index is 12.8. The molecular formula is C23H19NO5S. The number of para-hydroxylation sites is 2. The SMILES string of the molecule is CS(=O)(=O)Cc1c(C(=O)Nc2ccc(Oc3ccccc3)cc2)oc2ccccc12. The minimum atomic E-state index is -3.36. The molecule has 1 amide bonds. The van der Waals surface area contributed by atoms with Crippen LogP contribution < -0.4 is 10.1 Å². The molecule has 1 aromatic heterocycles. The van der Waals surface area contributed by atoms with Gasteiger partial charge in [0.1, 0.15) is 17.1 Å². The molecule has 0 atom stereocenters. The third-order valence-electron chi connectivity index (χ3n) is 4.40. The number of rotatable bonds is 6. The van der Waals surface area contributed by atoms with Crippen molar-refractivity contribution in [3.8, 4) is 11.5 Å². The van der Waals surface area contributed by atoms with Crippen molar-refractivity contribution in [2.24, 2.45) is 0 Å². The molecule has 0 saturated heterocycles. The van der Waals surface area contributed by atoms with E-state index in [-0.39, 0.29) is 11.5 Å². The summed E-state index contributed by atoms with van der Waals surface area (Å²) >= 11 is 0. The summed E-state index contributed by atoms with van der Waals surface area (Å²) in [6.45, 7) is 0. The molecule has 0 aliphatic heterocycles. The molecule has 6 nitrogen and oxygen atoms in total. The first-order chi connectivity index (χ1) is 14.4. The number of carbonyl (C=O) groups is 1. The first-order valence-electron chi connectivity index (χ1n) is 9.21. The zero-order chi connectivity index (χ0) is 21.1. The molecule has 1 N–H and O–H groups in total. The van der Waals surface area contributed by atoms with Gasteiger partial charge in [-0.05, 0) is 42.5 Å². The number of amides is 1. The maximum Gasteiger partial charge on any atom is 0.291 e. The Hall–Kier alpha value is -3.58. The van der Waals surface area contributed by atoms with Gasteiger partial charge in [-0.3, -0.25) is 4.79 Å². The predicted octanol–water partition coefficient (Wildman–Crippen LogP) is 5.02. The van der Waals surface area contributed by atoms with Crippen molar-refractivity contribution >= 4 is 32.4 Å². The average Bonchev–Trinajstić information content (AvgIpc) is 3.07. The van der Waals surface area contributed by atoms with Crippen LogP contribution in [0.25, 0.3) is 11.0 Å². The highest BCUT2D eigenvalue weighted by molar-refractivity contribution is 7.89. The fourth-order valence-corrected chi connectivity index (χ4v) is 3.92. The number of anilines is 1. The lowest BCUT2D eigenvalue weighted by Crippen LogP contribution is -2.14. The van der Waals surface area contributed by atoms with E-state index in [0.29, 0.717) is 33.7 Å². The first kappa shape index (κ1) is 19.7. The minimum absolute atomic E-state index is 0.00811. The number of benzene rings is 3. The lowest BCUT2D eigenvalue weighted by Gasteiger charge is -2.08. The summed E-state index contributed by atoms with van der Waals surface area (Å²) in [7, 11) is -3.36. The zero-order valence-corrected chi connectivity index (χ0v) is 17.0. The summed E-state index contributed by atoms with van der Waals surface area (Å²) in [6, 6.07) is 23.2. The average molecular weight is 421 g/mol. The molecule has 4 rings (SSSR count). The van der Waals surface area contributed by atoms with Crippen molar-refractivity contribution in [1.82, 2.24) is 0 Å². The van der Waals surface area contributed by atoms with Crippen molar-refractivity contribution in [3.63, 3.8) is 0 Å². The van der Waals surface area contributed by atoms with Crippen molar-refractivity contribution in [1.29, 1.82) is 0 Å². The highest BCUT2D eigenvalue weighted by Crippen LogP contribution is 2.29. The van der Waals surface area contributed by atoms with Gasteiger partial charge in [-0.1, -0.05) is 36.4 Å². The monoisotopic (exact) mass is 421 g/mol. The largest absolute Gasteiger partial charge is 0.457 e. The van der Waals surface area contributed by atoms with Crippen LogP contribution in [0.3, 0.4) is 0 Å². The number of carbonyl (C=O) groups excluding carboxylic acids is 1. The van der Waals surface area contributed by atoms with Gasteiger partial charge in [0, 0.05) is 22.9 Å². The molecule has 7 heteroatoms. The maximum absolute atomic E-state index is 12.8. The predicted molar refractivity (Wildman–Crippen MR) is 116 cm³/mol. The third kappa shape index (κ3) is 4.52. The second-order valence-electron chi connectivity index (χ2n) is 6.87. The second-order valence-corrected chi connectivity index (χ2v) is 9.01. The topological polar surface area (TPSA) is 85.6 Å². The van der Waals surface area contributed by atoms with Gasteiger partial charge in [-0.15, -0.1) is 0 Å². The number of furan rings is 1. The van der Waals surface area contributed by atoms with Crippen LogP contribution in [0, 0.1) is 0 Å². The Balaban J connectivity index is 1.56. The minimum Gasteiger partial charge on any atom is -0.457 e. The Morgan fingerprint density at radius 2 is 1.53 bits per heavy atom. The molecule has 0 spiro atoms. The number of fused-ring (bicyclic) bond motifs is 1. The van der Waals surface area contributed by atoms with E-state index in [9.17, 15) is 13.2 Å². The van der Waals surface area contributed by atoms with E-state index in [1.807, 2.05) is 30.3 Å². The van der Waals surface area contributed by atoms with E-state index in [4.69, 9.17) is 9.15 Å². The molecule has 0 aliphatic rings. The highest BCUT2D eigenvalue weighted by Gasteiger charge is 2.23. The Kier molecular flexibility index (Phi) is 5.29. The molecule has 0 bridgehead atoms. The van der Waals surface area contributed by atoms with Crippen molar-refractivity contribution in [2.45, 2.75) is 5.75 Å². The first-order valence-corrected chi connectivity index (χ1v) is 11.3. The normalized spacial score (nSPS) is 11.4. The Morgan fingerprint density at radius 1 is 0.900 bits per heavy atom. The van der Waals surface area contributed by atoms with E-state index in [2.05, 4.69) is 5.32 Å². The molecule has 30 heavy (non-hydrogen) atoms. The van der Waals surface area contributed by atoms with Gasteiger partial charge in [0.05, 0.1) is 5.75 Å². The van der Waals surface area contributed by atoms with E-state index < -0.39 is 15.7 Å². The van der Waals surface area contributed by atoms with Gasteiger partial charge < -0.3 is 14.5 Å². The van der Waals surface area contributed by atoms with Crippen LogP contribution in [0.15, 0.2) is 83.3 Å². The smallest absolute Gasteiger partial charge is 0.291 e. The summed E-state index contributed by atoms with van der Waals surface area (Å²) < 4.78 is 35.2. The Bertz CT molecular complexity index is 1290. The third-order valence-corrected chi connectivity index (χ3v) is 5.22. The van der Waals surface area contributed by atoms with Crippen molar-refractivity contribution in [3.05, 3.63) is 90.2 Å². The lowest BCUT2D eigenvalue weighted by molar-refractivity contribution is 0.0998. The standard InChI is InChI=1S/C23H19NO5S/c1-30(26,27)15-20-19-9-5-6-10-21(19)29-22(20)23(25)24-16-11-13-18(14-12-16)28-17-7-3-2-4-8-17/h2-14H,15H2,1H3,(H,24,25). The molecule has 152 valence electrons. The summed E-state index contributed by atoms with van der Waals surface area (Å²) in [4.78, 5) is 12.8. The highest BCUT2D eigenvalue weighted by atomic mass is 32.2. The van der Waals surface area contributed by atoms with Gasteiger partial charge in [0.25, 0.3) is 5.91 Å². The quantitative estimate of drug-likeness (QED) is 0.472. The van der Waals surface area contributed by atoms with Crippen LogP contribution in [0.4, 0.5) is 5.69 Å². The van der Waals surface area contributed by atoms with Gasteiger partial charge >= 0.3 is 0 Å². The lowest BCUT2D eigenvalue weighted by atomic mass is 10.1. The molecule has 3 aromatic carbocycles. The molecule has 0 unspecified atom stereocenters. The van der Waals surface area contributed by atoms with Crippen LogP contribution in [-0.2, 0) is 15.6 Å². The van der Waals surface area contributed by atoms with E-state index in [1.165, 1.54) is 0 Å². The van der Waals surface area contributed by atoms with E-state index >= 15 is 0 Å². The summed E-state index contributed by atoms with van der Waals surface area (Å²) in [5, 5.41) is 3.36.